The van der Waals surface area contributed by atoms with Gasteiger partial charge in [-0.2, -0.15) is 0 Å². The predicted octanol–water partition coefficient (Wildman–Crippen LogP) is 0.726. The van der Waals surface area contributed by atoms with Crippen molar-refractivity contribution in [3.8, 4) is 11.8 Å². The summed E-state index contributed by atoms with van der Waals surface area (Å²) < 4.78 is 33.4. The van der Waals surface area contributed by atoms with Crippen LogP contribution in [0.5, 0.6) is 0 Å². The minimum absolute atomic E-state index is 0.133. The molecular weight excluding hydrogens is 487 g/mol. The molecule has 14 heteroatoms. The quantitative estimate of drug-likeness (QED) is 0.146. The summed E-state index contributed by atoms with van der Waals surface area (Å²) in [5.41, 5.74) is 6.93. The molecule has 0 spiro atoms. The second-order valence-corrected chi connectivity index (χ2v) is 8.75. The minimum Gasteiger partial charge on any atom is -0.411 e. The average molecular weight is 510 g/mol. The number of pyridine rings is 1. The van der Waals surface area contributed by atoms with Gasteiger partial charge in [0.15, 0.2) is 35.4 Å². The maximum Gasteiger partial charge on any atom is 0.252 e. The van der Waals surface area contributed by atoms with Crippen molar-refractivity contribution in [1.29, 1.82) is 0 Å². The van der Waals surface area contributed by atoms with Crippen LogP contribution in [-0.4, -0.2) is 72.5 Å². The zero-order valence-electron chi connectivity index (χ0n) is 19.8. The number of nitrogens with one attached hydrogen (secondary N) is 1. The van der Waals surface area contributed by atoms with Crippen LogP contribution in [0.1, 0.15) is 37.9 Å². The molecule has 3 aromatic rings. The standard InChI is InChI=1S/C23H23FN8O5/c1-23(2)36-16-17(21(33)26-8-4-3-5-12-6-7-13(24)14(31-12)9-30-34)35-22(18(16)37-23)32-11-29-15-19(25)27-10-28-20(15)32/h6-7,9-11,16-18,22,34H,4,8H2,1-2H3,(H,26,33)(H2,25,27,28)/b30-9-/t16-,17+,18-,22-/m1/s1. The highest BCUT2D eigenvalue weighted by atomic mass is 19.1. The molecule has 1 amide bonds. The molecule has 2 aliphatic heterocycles. The number of hydrogen-bond donors (Lipinski definition) is 3. The summed E-state index contributed by atoms with van der Waals surface area (Å²) in [5, 5.41) is 14.2. The number of ether oxygens (including phenoxy) is 3. The van der Waals surface area contributed by atoms with Gasteiger partial charge in [-0.1, -0.05) is 11.1 Å². The van der Waals surface area contributed by atoms with Gasteiger partial charge in [-0.25, -0.2) is 24.3 Å². The highest BCUT2D eigenvalue weighted by Crippen LogP contribution is 2.43. The van der Waals surface area contributed by atoms with Crippen molar-refractivity contribution in [2.75, 3.05) is 12.3 Å². The Kier molecular flexibility index (Phi) is 6.42. The number of rotatable bonds is 5. The number of hydrogen-bond acceptors (Lipinski definition) is 11. The lowest BCUT2D eigenvalue weighted by atomic mass is 10.1. The van der Waals surface area contributed by atoms with E-state index in [1.807, 2.05) is 0 Å². The third-order valence-electron chi connectivity index (χ3n) is 5.77. The molecule has 4 N–H and O–H groups in total. The van der Waals surface area contributed by atoms with E-state index in [0.717, 1.165) is 6.21 Å². The van der Waals surface area contributed by atoms with E-state index in [9.17, 15) is 9.18 Å². The summed E-state index contributed by atoms with van der Waals surface area (Å²) in [4.78, 5) is 29.5. The second-order valence-electron chi connectivity index (χ2n) is 8.75. The molecule has 0 aromatic carbocycles. The van der Waals surface area contributed by atoms with Gasteiger partial charge in [0.2, 0.25) is 0 Å². The first kappa shape index (κ1) is 24.5. The van der Waals surface area contributed by atoms with Crippen molar-refractivity contribution < 1.29 is 28.6 Å². The average Bonchev–Trinajstić information content (AvgIpc) is 3.52. The first-order valence-electron chi connectivity index (χ1n) is 11.3. The van der Waals surface area contributed by atoms with Crippen molar-refractivity contribution in [3.63, 3.8) is 0 Å². The number of carbonyl (C=O) groups excluding carboxylic acids is 1. The van der Waals surface area contributed by atoms with Gasteiger partial charge in [-0.3, -0.25) is 9.36 Å². The highest BCUT2D eigenvalue weighted by Gasteiger charge is 2.58. The molecule has 3 aromatic heterocycles. The van der Waals surface area contributed by atoms with Gasteiger partial charge in [0.05, 0.1) is 12.5 Å². The van der Waals surface area contributed by atoms with Crippen LogP contribution >= 0.6 is 0 Å². The Morgan fingerprint density at radius 2 is 2.14 bits per heavy atom. The maximum atomic E-state index is 13.6. The molecule has 5 rings (SSSR count). The molecule has 192 valence electrons. The number of carbonyl (C=O) groups is 1. The summed E-state index contributed by atoms with van der Waals surface area (Å²) in [6, 6.07) is 2.58. The van der Waals surface area contributed by atoms with Crippen LogP contribution in [0.3, 0.4) is 0 Å². The van der Waals surface area contributed by atoms with Gasteiger partial charge in [0, 0.05) is 13.0 Å². The second kappa shape index (κ2) is 9.69. The smallest absolute Gasteiger partial charge is 0.252 e. The first-order valence-corrected chi connectivity index (χ1v) is 11.3. The number of nitrogen functional groups attached to an aromatic ring is 1. The van der Waals surface area contributed by atoms with Gasteiger partial charge < -0.3 is 30.5 Å². The Balaban J connectivity index is 1.26. The summed E-state index contributed by atoms with van der Waals surface area (Å²) >= 11 is 0. The number of anilines is 1. The van der Waals surface area contributed by atoms with Gasteiger partial charge in [0.25, 0.3) is 5.91 Å². The number of halogens is 1. The van der Waals surface area contributed by atoms with Crippen molar-refractivity contribution in [3.05, 3.63) is 42.0 Å². The lowest BCUT2D eigenvalue weighted by molar-refractivity contribution is -0.197. The molecule has 2 saturated heterocycles. The number of imidazole rings is 1. The van der Waals surface area contributed by atoms with Gasteiger partial charge in [-0.05, 0) is 31.9 Å². The normalized spacial score (nSPS) is 24.2. The summed E-state index contributed by atoms with van der Waals surface area (Å²) in [7, 11) is 0. The van der Waals surface area contributed by atoms with Crippen LogP contribution in [0.2, 0.25) is 0 Å². The Labute approximate surface area is 209 Å². The molecule has 0 aliphatic carbocycles. The van der Waals surface area contributed by atoms with E-state index < -0.39 is 36.1 Å². The Hall–Kier alpha value is -4.19. The molecule has 0 radical (unpaired) electrons. The fourth-order valence-corrected chi connectivity index (χ4v) is 4.24. The van der Waals surface area contributed by atoms with E-state index in [4.69, 9.17) is 25.2 Å². The number of nitrogens with zero attached hydrogens (tertiary/aromatic N) is 6. The first-order chi connectivity index (χ1) is 17.8. The van der Waals surface area contributed by atoms with E-state index in [1.54, 1.807) is 18.4 Å². The Morgan fingerprint density at radius 3 is 2.95 bits per heavy atom. The number of fused-ring (bicyclic) bond motifs is 2. The van der Waals surface area contributed by atoms with Gasteiger partial charge >= 0.3 is 0 Å². The fraction of sp³-hybridized carbons (Fsp3) is 0.391. The summed E-state index contributed by atoms with van der Waals surface area (Å²) in [5.74, 6) is 3.92. The molecule has 13 nitrogen and oxygen atoms in total. The lowest BCUT2D eigenvalue weighted by Gasteiger charge is -2.24. The molecule has 0 saturated carbocycles. The minimum atomic E-state index is -0.958. The number of nitrogens with two attached hydrogens (primary N) is 1. The van der Waals surface area contributed by atoms with Crippen molar-refractivity contribution in [2.24, 2.45) is 5.16 Å². The van der Waals surface area contributed by atoms with Crippen molar-refractivity contribution in [2.45, 2.75) is 50.6 Å². The topological polar surface area (TPSA) is 172 Å². The zero-order valence-corrected chi connectivity index (χ0v) is 19.8. The monoisotopic (exact) mass is 510 g/mol. The van der Waals surface area contributed by atoms with Crippen LogP contribution in [0.4, 0.5) is 10.2 Å². The zero-order chi connectivity index (χ0) is 26.2. The van der Waals surface area contributed by atoms with E-state index in [2.05, 4.69) is 42.2 Å². The van der Waals surface area contributed by atoms with E-state index in [1.165, 1.54) is 24.8 Å². The van der Waals surface area contributed by atoms with Crippen LogP contribution in [0, 0.1) is 17.7 Å². The molecule has 4 atom stereocenters. The third-order valence-corrected chi connectivity index (χ3v) is 5.77. The van der Waals surface area contributed by atoms with E-state index in [-0.39, 0.29) is 24.0 Å². The van der Waals surface area contributed by atoms with Crippen molar-refractivity contribution >= 4 is 29.1 Å². The van der Waals surface area contributed by atoms with Crippen LogP contribution in [0.25, 0.3) is 11.2 Å². The Bertz CT molecular complexity index is 1430. The molecule has 0 bridgehead atoms. The van der Waals surface area contributed by atoms with Crippen LogP contribution in [-0.2, 0) is 19.0 Å². The van der Waals surface area contributed by atoms with Gasteiger partial charge in [-0.15, -0.1) is 0 Å². The maximum absolute atomic E-state index is 13.6. The molecule has 2 aliphatic rings. The predicted molar refractivity (Wildman–Crippen MR) is 126 cm³/mol. The summed E-state index contributed by atoms with van der Waals surface area (Å²) in [6.45, 7) is 3.75. The van der Waals surface area contributed by atoms with E-state index in [0.29, 0.717) is 23.3 Å². The number of amides is 1. The molecule has 0 unspecified atom stereocenters. The third kappa shape index (κ3) is 4.79. The number of oxime groups is 1. The fourth-order valence-electron chi connectivity index (χ4n) is 4.24. The molecular formula is C23H23FN8O5. The largest absolute Gasteiger partial charge is 0.411 e. The molecule has 5 heterocycles. The Morgan fingerprint density at radius 1 is 1.32 bits per heavy atom. The van der Waals surface area contributed by atoms with E-state index >= 15 is 0 Å². The van der Waals surface area contributed by atoms with Gasteiger partial charge in [0.1, 0.15) is 35.4 Å². The molecule has 37 heavy (non-hydrogen) atoms. The van der Waals surface area contributed by atoms with Crippen molar-refractivity contribution in [1.82, 2.24) is 29.8 Å². The SMILES string of the molecule is CC1(C)O[C@@H]2[C@H](O1)[C@@H](C(=O)NCCC#Cc1ccc(F)c(/C=N\O)n1)O[C@H]2n1cnc2c(N)ncnc21. The molecule has 2 fully saturated rings. The highest BCUT2D eigenvalue weighted by molar-refractivity contribution is 5.83. The number of aromatic nitrogens is 5. The van der Waals surface area contributed by atoms with Crippen LogP contribution in [0.15, 0.2) is 29.9 Å². The lowest BCUT2D eigenvalue weighted by Crippen LogP contribution is -2.43. The summed E-state index contributed by atoms with van der Waals surface area (Å²) in [6.07, 6.45) is 1.06. The van der Waals surface area contributed by atoms with Crippen LogP contribution < -0.4 is 11.1 Å².